The molecule has 0 atom stereocenters. The van der Waals surface area contributed by atoms with Crippen LogP contribution >= 0.6 is 0 Å². The van der Waals surface area contributed by atoms with Crippen LogP contribution < -0.4 is 10.8 Å². The van der Waals surface area contributed by atoms with E-state index in [1.807, 2.05) is 30.3 Å². The van der Waals surface area contributed by atoms with Crippen LogP contribution in [0.25, 0.3) is 0 Å². The molecule has 1 aliphatic carbocycles. The molecule has 0 heterocycles. The van der Waals surface area contributed by atoms with Crippen molar-refractivity contribution in [3.63, 3.8) is 0 Å². The standard InChI is InChI=1S/C12H14N2O2.CH5NO/c13-9-12(6-7-12)14-11(15)16-8-10-4-2-1-3-5-10;1-2-3/h1-5,9,13H,6-8H2,(H,14,15);2-3H,1H3. The van der Waals surface area contributed by atoms with Crippen LogP contribution in [0.3, 0.4) is 0 Å². The van der Waals surface area contributed by atoms with E-state index >= 15 is 0 Å². The SMILES string of the molecule is CNO.N=CC1(NC(=O)OCc2ccccc2)CC1. The van der Waals surface area contributed by atoms with E-state index in [1.165, 1.54) is 13.3 Å². The summed E-state index contributed by atoms with van der Waals surface area (Å²) in [6, 6.07) is 9.51. The second kappa shape index (κ2) is 7.50. The quantitative estimate of drug-likeness (QED) is 0.492. The molecule has 1 aromatic carbocycles. The van der Waals surface area contributed by atoms with Gasteiger partial charge in [-0.3, -0.25) is 0 Å². The van der Waals surface area contributed by atoms with Crippen LogP contribution in [0.2, 0.25) is 0 Å². The molecule has 0 bridgehead atoms. The summed E-state index contributed by atoms with van der Waals surface area (Å²) in [6.07, 6.45) is 2.48. The van der Waals surface area contributed by atoms with Gasteiger partial charge in [0.25, 0.3) is 0 Å². The van der Waals surface area contributed by atoms with E-state index in [-0.39, 0.29) is 6.61 Å². The van der Waals surface area contributed by atoms with E-state index in [0.717, 1.165) is 18.4 Å². The van der Waals surface area contributed by atoms with Gasteiger partial charge >= 0.3 is 6.09 Å². The van der Waals surface area contributed by atoms with Gasteiger partial charge in [0.05, 0.1) is 5.54 Å². The number of hydrogen-bond donors (Lipinski definition) is 4. The summed E-state index contributed by atoms with van der Waals surface area (Å²) < 4.78 is 5.05. The van der Waals surface area contributed by atoms with Crippen LogP contribution in [0.5, 0.6) is 0 Å². The summed E-state index contributed by atoms with van der Waals surface area (Å²) in [7, 11) is 1.43. The summed E-state index contributed by atoms with van der Waals surface area (Å²) in [5, 5.41) is 17.2. The lowest BCUT2D eigenvalue weighted by atomic mass is 10.2. The maximum Gasteiger partial charge on any atom is 0.408 e. The lowest BCUT2D eigenvalue weighted by molar-refractivity contribution is 0.137. The number of ether oxygens (including phenoxy) is 1. The van der Waals surface area contributed by atoms with E-state index in [9.17, 15) is 4.79 Å². The maximum atomic E-state index is 11.4. The highest BCUT2D eigenvalue weighted by Crippen LogP contribution is 2.32. The molecule has 0 unspecified atom stereocenters. The van der Waals surface area contributed by atoms with Gasteiger partial charge < -0.3 is 20.7 Å². The number of carbonyl (C=O) groups is 1. The molecule has 2 rings (SSSR count). The van der Waals surface area contributed by atoms with Crippen LogP contribution in [0.15, 0.2) is 30.3 Å². The average Bonchev–Trinajstić information content (AvgIpc) is 3.19. The van der Waals surface area contributed by atoms with Crippen molar-refractivity contribution in [1.29, 1.82) is 5.41 Å². The number of hydroxylamine groups is 1. The van der Waals surface area contributed by atoms with Crippen LogP contribution in [0.4, 0.5) is 4.79 Å². The zero-order valence-electron chi connectivity index (χ0n) is 10.8. The minimum atomic E-state index is -0.454. The Hall–Kier alpha value is -1.92. The van der Waals surface area contributed by atoms with Crippen molar-refractivity contribution in [2.75, 3.05) is 7.05 Å². The Labute approximate surface area is 112 Å². The van der Waals surface area contributed by atoms with Gasteiger partial charge in [-0.15, -0.1) is 0 Å². The van der Waals surface area contributed by atoms with Gasteiger partial charge in [0.1, 0.15) is 6.61 Å². The third kappa shape index (κ3) is 5.50. The molecule has 1 amide bonds. The topological polar surface area (TPSA) is 94.4 Å². The molecular formula is C13H19N3O3. The molecule has 1 saturated carbocycles. The van der Waals surface area contributed by atoms with Gasteiger partial charge in [-0.05, 0) is 18.4 Å². The Kier molecular flexibility index (Phi) is 5.98. The van der Waals surface area contributed by atoms with E-state index in [2.05, 4.69) is 5.32 Å². The zero-order chi connectivity index (χ0) is 14.1. The van der Waals surface area contributed by atoms with Crippen molar-refractivity contribution in [2.24, 2.45) is 0 Å². The fourth-order valence-electron chi connectivity index (χ4n) is 1.40. The predicted molar refractivity (Wildman–Crippen MR) is 71.4 cm³/mol. The minimum absolute atomic E-state index is 0.265. The third-order valence-electron chi connectivity index (χ3n) is 2.63. The smallest absolute Gasteiger partial charge is 0.408 e. The van der Waals surface area contributed by atoms with Crippen LogP contribution in [0, 0.1) is 5.41 Å². The van der Waals surface area contributed by atoms with Gasteiger partial charge in [0, 0.05) is 13.3 Å². The third-order valence-corrected chi connectivity index (χ3v) is 2.63. The fraction of sp³-hybridized carbons (Fsp3) is 0.385. The summed E-state index contributed by atoms with van der Waals surface area (Å²) in [4.78, 5) is 11.4. The van der Waals surface area contributed by atoms with Crippen molar-refractivity contribution in [3.8, 4) is 0 Å². The summed E-state index contributed by atoms with van der Waals surface area (Å²) in [5.74, 6) is 0. The summed E-state index contributed by atoms with van der Waals surface area (Å²) in [5.41, 5.74) is 2.28. The highest BCUT2D eigenvalue weighted by Gasteiger charge is 2.42. The minimum Gasteiger partial charge on any atom is -0.445 e. The van der Waals surface area contributed by atoms with Gasteiger partial charge in [0.2, 0.25) is 0 Å². The first kappa shape index (κ1) is 15.1. The Morgan fingerprint density at radius 3 is 2.53 bits per heavy atom. The molecule has 4 N–H and O–H groups in total. The van der Waals surface area contributed by atoms with Gasteiger partial charge in [0.15, 0.2) is 0 Å². The van der Waals surface area contributed by atoms with Gasteiger partial charge in [-0.2, -0.15) is 0 Å². The van der Waals surface area contributed by atoms with Crippen molar-refractivity contribution in [1.82, 2.24) is 10.8 Å². The largest absolute Gasteiger partial charge is 0.445 e. The predicted octanol–water partition coefficient (Wildman–Crippen LogP) is 1.69. The number of amides is 1. The highest BCUT2D eigenvalue weighted by atomic mass is 16.5. The molecule has 0 saturated heterocycles. The molecule has 0 spiro atoms. The Bertz CT molecular complexity index is 405. The first-order valence-corrected chi connectivity index (χ1v) is 5.97. The van der Waals surface area contributed by atoms with Crippen molar-refractivity contribution >= 4 is 12.3 Å². The normalized spacial score (nSPS) is 14.6. The molecule has 1 aromatic rings. The lowest BCUT2D eigenvalue weighted by Crippen LogP contribution is -2.38. The fourth-order valence-corrected chi connectivity index (χ4v) is 1.40. The van der Waals surface area contributed by atoms with Gasteiger partial charge in [-0.1, -0.05) is 30.3 Å². The number of nitrogens with one attached hydrogen (secondary N) is 3. The number of rotatable bonds is 4. The molecule has 1 aliphatic rings. The Morgan fingerprint density at radius 1 is 1.47 bits per heavy atom. The zero-order valence-corrected chi connectivity index (χ0v) is 10.8. The number of carbonyl (C=O) groups excluding carboxylic acids is 1. The van der Waals surface area contributed by atoms with Crippen LogP contribution in [-0.2, 0) is 11.3 Å². The first-order valence-electron chi connectivity index (χ1n) is 5.97. The highest BCUT2D eigenvalue weighted by molar-refractivity contribution is 5.80. The average molecular weight is 265 g/mol. The second-order valence-corrected chi connectivity index (χ2v) is 4.21. The Balaban J connectivity index is 0.000000550. The summed E-state index contributed by atoms with van der Waals surface area (Å²) >= 11 is 0. The Morgan fingerprint density at radius 2 is 2.05 bits per heavy atom. The van der Waals surface area contributed by atoms with Crippen LogP contribution in [0.1, 0.15) is 18.4 Å². The molecule has 0 aromatic heterocycles. The maximum absolute atomic E-state index is 11.4. The van der Waals surface area contributed by atoms with Gasteiger partial charge in [-0.25, -0.2) is 10.3 Å². The molecule has 6 nitrogen and oxygen atoms in total. The first-order chi connectivity index (χ1) is 9.15. The van der Waals surface area contributed by atoms with Crippen LogP contribution in [-0.4, -0.2) is 30.1 Å². The van der Waals surface area contributed by atoms with E-state index in [0.29, 0.717) is 0 Å². The molecular weight excluding hydrogens is 246 g/mol. The molecule has 6 heteroatoms. The number of benzene rings is 1. The van der Waals surface area contributed by atoms with Crippen molar-refractivity contribution in [2.45, 2.75) is 25.0 Å². The summed E-state index contributed by atoms with van der Waals surface area (Å²) in [6.45, 7) is 0.265. The van der Waals surface area contributed by atoms with E-state index in [4.69, 9.17) is 15.4 Å². The number of hydrogen-bond acceptors (Lipinski definition) is 5. The van der Waals surface area contributed by atoms with Crippen molar-refractivity contribution < 1.29 is 14.7 Å². The molecule has 0 radical (unpaired) electrons. The van der Waals surface area contributed by atoms with Crippen molar-refractivity contribution in [3.05, 3.63) is 35.9 Å². The second-order valence-electron chi connectivity index (χ2n) is 4.21. The molecule has 0 aliphatic heterocycles. The molecule has 1 fully saturated rings. The van der Waals surface area contributed by atoms with E-state index in [1.54, 1.807) is 5.48 Å². The monoisotopic (exact) mass is 265 g/mol. The number of alkyl carbamates (subject to hydrolysis) is 1. The molecule has 104 valence electrons. The lowest BCUT2D eigenvalue weighted by Gasteiger charge is -2.11. The van der Waals surface area contributed by atoms with E-state index < -0.39 is 11.6 Å². The molecule has 19 heavy (non-hydrogen) atoms.